The number of nitrogens with zero attached hydrogens (tertiary/aromatic N) is 1. The van der Waals surface area contributed by atoms with Crippen LogP contribution in [-0.2, 0) is 20.9 Å². The van der Waals surface area contributed by atoms with Crippen LogP contribution in [0, 0.1) is 11.8 Å². The van der Waals surface area contributed by atoms with Crippen molar-refractivity contribution in [2.45, 2.75) is 30.8 Å². The molecule has 5 rings (SSSR count). The van der Waals surface area contributed by atoms with Crippen molar-refractivity contribution >= 4 is 17.6 Å². The summed E-state index contributed by atoms with van der Waals surface area (Å²) in [7, 11) is 0. The molecule has 23 heavy (non-hydrogen) atoms. The lowest BCUT2D eigenvalue weighted by molar-refractivity contribution is -0.151. The molecule has 0 aromatic heterocycles. The van der Waals surface area contributed by atoms with E-state index in [0.29, 0.717) is 6.54 Å². The normalized spacial score (nSPS) is 42.2. The van der Waals surface area contributed by atoms with Crippen LogP contribution in [-0.4, -0.2) is 39.3 Å². The molecule has 2 bridgehead atoms. The van der Waals surface area contributed by atoms with E-state index in [1.807, 2.05) is 30.3 Å². The van der Waals surface area contributed by atoms with Gasteiger partial charge < -0.3 is 20.1 Å². The average molecular weight is 312 g/mol. The fraction of sp³-hybridized carbons (Fsp3) is 0.412. The number of hydrogen-bond acceptors (Lipinski definition) is 4. The van der Waals surface area contributed by atoms with Gasteiger partial charge in [0.25, 0.3) is 0 Å². The average Bonchev–Trinajstić information content (AvgIpc) is 3.09. The third-order valence-corrected chi connectivity index (χ3v) is 5.71. The maximum atomic E-state index is 13.0. The number of fused-ring (bicyclic) bond motifs is 3. The van der Waals surface area contributed by atoms with Gasteiger partial charge in [0.15, 0.2) is 0 Å². The van der Waals surface area contributed by atoms with Crippen molar-refractivity contribution in [1.82, 2.24) is 4.90 Å². The third kappa shape index (κ3) is 1.34. The Morgan fingerprint density at radius 3 is 2.96 bits per heavy atom. The Labute approximate surface area is 132 Å². The van der Waals surface area contributed by atoms with Crippen molar-refractivity contribution in [1.29, 1.82) is 0 Å². The van der Waals surface area contributed by atoms with E-state index in [9.17, 15) is 14.7 Å². The zero-order valence-electron chi connectivity index (χ0n) is 12.5. The molecule has 0 saturated carbocycles. The second-order valence-electron chi connectivity index (χ2n) is 6.94. The lowest BCUT2D eigenvalue weighted by Crippen LogP contribution is -2.52. The molecule has 5 atom stereocenters. The zero-order valence-corrected chi connectivity index (χ0v) is 12.5. The number of benzene rings is 1. The first kappa shape index (κ1) is 13.1. The summed E-state index contributed by atoms with van der Waals surface area (Å²) in [5.41, 5.74) is 0.185. The monoisotopic (exact) mass is 312 g/mol. The number of anilines is 1. The summed E-state index contributed by atoms with van der Waals surface area (Å²) in [6, 6.07) is 7.82. The fourth-order valence-electron chi connectivity index (χ4n) is 4.75. The number of nitrogens with one attached hydrogen (secondary N) is 1. The highest BCUT2D eigenvalue weighted by atomic mass is 16.5. The molecule has 2 fully saturated rings. The third-order valence-electron chi connectivity index (χ3n) is 5.71. The number of ether oxygens (including phenoxy) is 1. The van der Waals surface area contributed by atoms with Gasteiger partial charge in [0.05, 0.1) is 11.5 Å². The number of carboxylic acid groups (broad SMARTS) is 1. The summed E-state index contributed by atoms with van der Waals surface area (Å²) >= 11 is 0. The van der Waals surface area contributed by atoms with Gasteiger partial charge in [-0.25, -0.2) is 0 Å². The number of carbonyl (C=O) groups excluding carboxylic acids is 1. The smallest absolute Gasteiger partial charge is 0.310 e. The second-order valence-corrected chi connectivity index (χ2v) is 6.94. The van der Waals surface area contributed by atoms with Gasteiger partial charge in [-0.1, -0.05) is 24.3 Å². The van der Waals surface area contributed by atoms with Crippen molar-refractivity contribution in [3.8, 4) is 0 Å². The molecule has 4 heterocycles. The number of hydrogen-bond donors (Lipinski definition) is 2. The molecule has 6 nitrogen and oxygen atoms in total. The van der Waals surface area contributed by atoms with Crippen LogP contribution >= 0.6 is 0 Å². The molecule has 1 aromatic carbocycles. The van der Waals surface area contributed by atoms with Crippen LogP contribution in [0.15, 0.2) is 36.4 Å². The maximum absolute atomic E-state index is 13.0. The van der Waals surface area contributed by atoms with Gasteiger partial charge in [0.2, 0.25) is 5.91 Å². The number of aliphatic carboxylic acids is 1. The largest absolute Gasteiger partial charge is 0.481 e. The molecule has 1 amide bonds. The quantitative estimate of drug-likeness (QED) is 0.762. The SMILES string of the molecule is C[C@]12C=C[C@]3(O1)[C@H](C(=O)N1Cc4ccccc4N[C@@H]13)[C@@H]2C(=O)O. The minimum atomic E-state index is -0.977. The van der Waals surface area contributed by atoms with Gasteiger partial charge >= 0.3 is 5.97 Å². The minimum absolute atomic E-state index is 0.141. The molecule has 0 unspecified atom stereocenters. The van der Waals surface area contributed by atoms with E-state index < -0.39 is 29.0 Å². The van der Waals surface area contributed by atoms with Gasteiger partial charge in [0, 0.05) is 12.2 Å². The van der Waals surface area contributed by atoms with Crippen LogP contribution in [0.1, 0.15) is 12.5 Å². The lowest BCUT2D eigenvalue weighted by atomic mass is 9.71. The van der Waals surface area contributed by atoms with Gasteiger partial charge in [-0.15, -0.1) is 0 Å². The summed E-state index contributed by atoms with van der Waals surface area (Å²) in [6.45, 7) is 2.23. The van der Waals surface area contributed by atoms with Crippen molar-refractivity contribution < 1.29 is 19.4 Å². The van der Waals surface area contributed by atoms with Crippen LogP contribution in [0.3, 0.4) is 0 Å². The Morgan fingerprint density at radius 2 is 2.17 bits per heavy atom. The van der Waals surface area contributed by atoms with Crippen LogP contribution in [0.2, 0.25) is 0 Å². The van der Waals surface area contributed by atoms with E-state index in [1.165, 1.54) is 0 Å². The Hall–Kier alpha value is -2.34. The van der Waals surface area contributed by atoms with Gasteiger partial charge in [-0.2, -0.15) is 0 Å². The second kappa shape index (κ2) is 3.76. The molecule has 4 aliphatic rings. The Bertz CT molecular complexity index is 791. The molecule has 4 aliphatic heterocycles. The molecule has 0 radical (unpaired) electrons. The summed E-state index contributed by atoms with van der Waals surface area (Å²) in [6.07, 6.45) is 3.33. The first-order valence-electron chi connectivity index (χ1n) is 7.75. The van der Waals surface area contributed by atoms with Crippen LogP contribution < -0.4 is 5.32 Å². The number of para-hydroxylation sites is 1. The molecule has 118 valence electrons. The first-order chi connectivity index (χ1) is 11.0. The fourth-order valence-corrected chi connectivity index (χ4v) is 4.75. The molecular formula is C17H16N2O4. The summed E-state index contributed by atoms with van der Waals surface area (Å²) in [4.78, 5) is 26.5. The number of carbonyl (C=O) groups is 2. The maximum Gasteiger partial charge on any atom is 0.310 e. The van der Waals surface area contributed by atoms with E-state index in [-0.39, 0.29) is 12.1 Å². The molecule has 1 spiro atoms. The summed E-state index contributed by atoms with van der Waals surface area (Å²) in [5, 5.41) is 13.1. The molecule has 6 heteroatoms. The Balaban J connectivity index is 1.65. The lowest BCUT2D eigenvalue weighted by Gasteiger charge is -2.39. The molecule has 2 N–H and O–H groups in total. The van der Waals surface area contributed by atoms with Gasteiger partial charge in [-0.3, -0.25) is 9.59 Å². The Morgan fingerprint density at radius 1 is 1.39 bits per heavy atom. The predicted molar refractivity (Wildman–Crippen MR) is 80.4 cm³/mol. The predicted octanol–water partition coefficient (Wildman–Crippen LogP) is 1.19. The summed E-state index contributed by atoms with van der Waals surface area (Å²) in [5.74, 6) is -2.65. The highest BCUT2D eigenvalue weighted by Gasteiger charge is 2.75. The van der Waals surface area contributed by atoms with Gasteiger partial charge in [0.1, 0.15) is 17.7 Å². The van der Waals surface area contributed by atoms with Crippen LogP contribution in [0.25, 0.3) is 0 Å². The minimum Gasteiger partial charge on any atom is -0.481 e. The zero-order chi connectivity index (χ0) is 16.0. The van der Waals surface area contributed by atoms with E-state index in [2.05, 4.69) is 5.32 Å². The topological polar surface area (TPSA) is 78.9 Å². The van der Waals surface area contributed by atoms with Crippen molar-refractivity contribution in [2.24, 2.45) is 11.8 Å². The molecular weight excluding hydrogens is 296 g/mol. The van der Waals surface area contributed by atoms with E-state index in [1.54, 1.807) is 17.9 Å². The van der Waals surface area contributed by atoms with Crippen molar-refractivity contribution in [2.75, 3.05) is 5.32 Å². The number of amides is 1. The highest BCUT2D eigenvalue weighted by molar-refractivity contribution is 5.93. The van der Waals surface area contributed by atoms with Crippen molar-refractivity contribution in [3.63, 3.8) is 0 Å². The van der Waals surface area contributed by atoms with E-state index in [0.717, 1.165) is 11.3 Å². The standard InChI is InChI=1S/C17H16N2O4/c1-16-6-7-17(23-16)11(12(16)14(21)22)13(20)19-8-9-4-2-3-5-10(9)18-15(17)19/h2-7,11-12,15,18H,8H2,1H3,(H,21,22)/t11-,12+,15-,16+,17-/m0/s1. The number of carboxylic acids is 1. The van der Waals surface area contributed by atoms with Crippen LogP contribution in [0.4, 0.5) is 5.69 Å². The van der Waals surface area contributed by atoms with E-state index in [4.69, 9.17) is 4.74 Å². The van der Waals surface area contributed by atoms with Crippen LogP contribution in [0.5, 0.6) is 0 Å². The van der Waals surface area contributed by atoms with E-state index >= 15 is 0 Å². The molecule has 1 aromatic rings. The van der Waals surface area contributed by atoms with Crippen molar-refractivity contribution in [3.05, 3.63) is 42.0 Å². The molecule has 0 aliphatic carbocycles. The first-order valence-corrected chi connectivity index (χ1v) is 7.75. The Kier molecular flexibility index (Phi) is 2.15. The summed E-state index contributed by atoms with van der Waals surface area (Å²) < 4.78 is 6.18. The highest BCUT2D eigenvalue weighted by Crippen LogP contribution is 2.60. The number of rotatable bonds is 1. The van der Waals surface area contributed by atoms with Gasteiger partial charge in [-0.05, 0) is 24.6 Å². The molecule has 2 saturated heterocycles.